The van der Waals surface area contributed by atoms with Gasteiger partial charge in [0.1, 0.15) is 35.2 Å². The number of nitrogens with zero attached hydrogens (tertiary/aromatic N) is 1. The van der Waals surface area contributed by atoms with E-state index < -0.39 is 106 Å². The van der Waals surface area contributed by atoms with E-state index in [-0.39, 0.29) is 16.7 Å². The second-order valence-corrected chi connectivity index (χ2v) is 10.1. The molecule has 1 aromatic rings. The zero-order valence-corrected chi connectivity index (χ0v) is 20.7. The van der Waals surface area contributed by atoms with Gasteiger partial charge >= 0.3 is 0 Å². The van der Waals surface area contributed by atoms with Crippen LogP contribution in [0.4, 0.5) is 0 Å². The molecule has 0 bridgehead atoms. The van der Waals surface area contributed by atoms with Crippen LogP contribution in [-0.4, -0.2) is 102 Å². The van der Waals surface area contributed by atoms with Crippen LogP contribution in [0.1, 0.15) is 29.5 Å². The molecule has 0 saturated heterocycles. The molecule has 13 nitrogen and oxygen atoms in total. The predicted molar refractivity (Wildman–Crippen MR) is 128 cm³/mol. The van der Waals surface area contributed by atoms with E-state index in [4.69, 9.17) is 10.8 Å². The summed E-state index contributed by atoms with van der Waals surface area (Å²) in [7, 11) is 2.80. The van der Waals surface area contributed by atoms with Crippen LogP contribution in [0, 0.1) is 11.8 Å². The van der Waals surface area contributed by atoms with Crippen molar-refractivity contribution in [2.24, 2.45) is 17.6 Å². The third-order valence-electron chi connectivity index (χ3n) is 7.88. The molecule has 38 heavy (non-hydrogen) atoms. The van der Waals surface area contributed by atoms with Gasteiger partial charge in [0.15, 0.2) is 17.2 Å². The molecule has 6 atom stereocenters. The lowest BCUT2D eigenvalue weighted by atomic mass is 9.54. The van der Waals surface area contributed by atoms with Gasteiger partial charge in [-0.05, 0) is 31.6 Å². The third-order valence-corrected chi connectivity index (χ3v) is 7.88. The van der Waals surface area contributed by atoms with Crippen molar-refractivity contribution >= 4 is 29.0 Å². The Balaban J connectivity index is 2.04. The molecule has 1 saturated carbocycles. The van der Waals surface area contributed by atoms with Crippen molar-refractivity contribution in [3.8, 4) is 11.5 Å². The normalized spacial score (nSPS) is 30.8. The summed E-state index contributed by atoms with van der Waals surface area (Å²) < 4.78 is 0. The van der Waals surface area contributed by atoms with Gasteiger partial charge in [0.25, 0.3) is 5.91 Å². The summed E-state index contributed by atoms with van der Waals surface area (Å²) in [4.78, 5) is 52.1. The highest BCUT2D eigenvalue weighted by Crippen LogP contribution is 2.57. The van der Waals surface area contributed by atoms with Crippen LogP contribution in [0.15, 0.2) is 23.0 Å². The number of carbonyl (C=O) groups excluding carboxylic acids is 4. The topological polar surface area (TPSA) is 239 Å². The maximum atomic E-state index is 13.9. The Morgan fingerprint density at radius 1 is 1.13 bits per heavy atom. The summed E-state index contributed by atoms with van der Waals surface area (Å²) in [6.07, 6.45) is -2.38. The van der Waals surface area contributed by atoms with Crippen LogP contribution in [0.3, 0.4) is 0 Å². The van der Waals surface area contributed by atoms with Crippen molar-refractivity contribution in [1.29, 1.82) is 0 Å². The first-order valence-electron chi connectivity index (χ1n) is 11.7. The number of phenolic OH excluding ortho intramolecular Hbond substituents is 2. The Hall–Kier alpha value is -3.78. The zero-order chi connectivity index (χ0) is 28.6. The molecule has 3 aliphatic carbocycles. The molecule has 1 amide bonds. The van der Waals surface area contributed by atoms with E-state index in [0.29, 0.717) is 0 Å². The van der Waals surface area contributed by atoms with Gasteiger partial charge in [-0.2, -0.15) is 0 Å². The Morgan fingerprint density at radius 3 is 2.26 bits per heavy atom. The minimum absolute atomic E-state index is 0.0878. The molecule has 4 rings (SSSR count). The number of hydrogen-bond donors (Lipinski definition) is 8. The van der Waals surface area contributed by atoms with Gasteiger partial charge in [-0.1, -0.05) is 6.92 Å². The maximum absolute atomic E-state index is 13.9. The number of aliphatic hydroxyl groups excluding tert-OH is 4. The fraction of sp³-hybridized carbons (Fsp3) is 0.440. The molecule has 0 heterocycles. The standard InChI is InChI=1S/C25H28N2O11/c1-7-9-5-11(30)10(4-8(29)6-28)18(31)13(9)19(32)14-12(7)20(33)16-17(27(2)3)21(34)15(24(26)37)23(36)25(16,38)22(14)35/h5,7,12,16-17,20,28,30-33,36,38H,4,6H2,1-3H3,(H2,26,37)/t7-,12+,16+,17-,20-,25-/m1/s1. The summed E-state index contributed by atoms with van der Waals surface area (Å²) in [5.74, 6) is -12.0. The van der Waals surface area contributed by atoms with Crippen LogP contribution < -0.4 is 5.73 Å². The van der Waals surface area contributed by atoms with E-state index in [1.165, 1.54) is 25.9 Å². The van der Waals surface area contributed by atoms with E-state index in [9.17, 15) is 49.8 Å². The van der Waals surface area contributed by atoms with Gasteiger partial charge in [-0.3, -0.25) is 24.1 Å². The van der Waals surface area contributed by atoms with Crippen LogP contribution in [-0.2, 0) is 25.6 Å². The largest absolute Gasteiger partial charge is 0.508 e. The smallest absolute Gasteiger partial charge is 0.255 e. The number of rotatable bonds is 5. The monoisotopic (exact) mass is 532 g/mol. The number of nitrogens with two attached hydrogens (primary N) is 1. The second-order valence-electron chi connectivity index (χ2n) is 10.1. The highest BCUT2D eigenvalue weighted by Gasteiger charge is 2.68. The van der Waals surface area contributed by atoms with E-state index >= 15 is 0 Å². The van der Waals surface area contributed by atoms with Crippen molar-refractivity contribution in [1.82, 2.24) is 4.90 Å². The van der Waals surface area contributed by atoms with Gasteiger partial charge < -0.3 is 41.5 Å². The second kappa shape index (κ2) is 8.91. The molecule has 0 spiro atoms. The predicted octanol–water partition coefficient (Wildman–Crippen LogP) is -1.69. The summed E-state index contributed by atoms with van der Waals surface area (Å²) in [5, 5.41) is 75.8. The minimum atomic E-state index is -3.05. The van der Waals surface area contributed by atoms with Gasteiger partial charge in [0.2, 0.25) is 5.78 Å². The fourth-order valence-electron chi connectivity index (χ4n) is 6.13. The van der Waals surface area contributed by atoms with Gasteiger partial charge in [0, 0.05) is 23.5 Å². The number of fused-ring (bicyclic) bond motifs is 3. The Labute approximate surface area is 215 Å². The van der Waals surface area contributed by atoms with E-state index in [0.717, 1.165) is 6.07 Å². The minimum Gasteiger partial charge on any atom is -0.508 e. The van der Waals surface area contributed by atoms with Crippen molar-refractivity contribution in [2.45, 2.75) is 37.0 Å². The molecule has 0 radical (unpaired) electrons. The maximum Gasteiger partial charge on any atom is 0.255 e. The SMILES string of the molecule is C[C@@H]1c2cc(O)c(CC(=O)CO)c(O)c2C(O)=C2C(=O)[C@@]3(O)C(O)=C(C(N)=O)C(=O)[C@H](N(C)C)[C@H]3[C@H](O)[C@H]21. The Morgan fingerprint density at radius 2 is 1.74 bits per heavy atom. The molecule has 0 unspecified atom stereocenters. The number of phenols is 2. The van der Waals surface area contributed by atoms with Gasteiger partial charge in [-0.25, -0.2) is 0 Å². The number of aliphatic hydroxyl groups is 5. The number of likely N-dealkylation sites (N-methyl/N-ethyl adjacent to an activating group) is 1. The molecular formula is C25H28N2O11. The summed E-state index contributed by atoms with van der Waals surface area (Å²) in [5.41, 5.74) is -0.0108. The number of Topliss-reactive ketones (excluding diaryl/α,β-unsaturated/α-hetero) is 3. The number of amides is 1. The first-order valence-corrected chi connectivity index (χ1v) is 11.7. The van der Waals surface area contributed by atoms with Gasteiger partial charge in [0.05, 0.1) is 23.6 Å². The quantitative estimate of drug-likeness (QED) is 0.198. The molecule has 204 valence electrons. The summed E-state index contributed by atoms with van der Waals surface area (Å²) in [6, 6.07) is -0.341. The lowest BCUT2D eigenvalue weighted by Crippen LogP contribution is -2.70. The van der Waals surface area contributed by atoms with Crippen molar-refractivity contribution < 1.29 is 54.9 Å². The number of hydrogen-bond acceptors (Lipinski definition) is 12. The first kappa shape index (κ1) is 27.3. The highest BCUT2D eigenvalue weighted by molar-refractivity contribution is 6.24. The summed E-state index contributed by atoms with van der Waals surface area (Å²) >= 11 is 0. The Kier molecular flexibility index (Phi) is 6.39. The van der Waals surface area contributed by atoms with Crippen molar-refractivity contribution in [2.75, 3.05) is 20.7 Å². The molecule has 0 aliphatic heterocycles. The Bertz CT molecular complexity index is 1360. The van der Waals surface area contributed by atoms with E-state index in [2.05, 4.69) is 0 Å². The zero-order valence-electron chi connectivity index (χ0n) is 20.7. The fourth-order valence-corrected chi connectivity index (χ4v) is 6.13. The lowest BCUT2D eigenvalue weighted by Gasteiger charge is -2.53. The molecule has 13 heteroatoms. The molecule has 1 aromatic carbocycles. The highest BCUT2D eigenvalue weighted by atomic mass is 16.4. The molecule has 9 N–H and O–H groups in total. The van der Waals surface area contributed by atoms with Crippen LogP contribution in [0.25, 0.3) is 5.76 Å². The average Bonchev–Trinajstić information content (AvgIpc) is 2.83. The number of ketones is 3. The molecular weight excluding hydrogens is 504 g/mol. The number of benzene rings is 1. The van der Waals surface area contributed by atoms with Gasteiger partial charge in [-0.15, -0.1) is 0 Å². The third kappa shape index (κ3) is 3.39. The number of carbonyl (C=O) groups is 4. The number of primary amides is 1. The van der Waals surface area contributed by atoms with E-state index in [1.54, 1.807) is 0 Å². The molecule has 3 aliphatic rings. The van der Waals surface area contributed by atoms with Crippen molar-refractivity contribution in [3.05, 3.63) is 39.7 Å². The van der Waals surface area contributed by atoms with Crippen molar-refractivity contribution in [3.63, 3.8) is 0 Å². The van der Waals surface area contributed by atoms with Crippen LogP contribution in [0.2, 0.25) is 0 Å². The van der Waals surface area contributed by atoms with Crippen LogP contribution >= 0.6 is 0 Å². The molecule has 0 aromatic heterocycles. The summed E-state index contributed by atoms with van der Waals surface area (Å²) in [6.45, 7) is 0.619. The lowest BCUT2D eigenvalue weighted by molar-refractivity contribution is -0.169. The molecule has 1 fully saturated rings. The number of aromatic hydroxyl groups is 2. The average molecular weight is 533 g/mol. The van der Waals surface area contributed by atoms with Crippen LogP contribution in [0.5, 0.6) is 11.5 Å². The first-order chi connectivity index (χ1) is 17.6. The van der Waals surface area contributed by atoms with E-state index in [1.807, 2.05) is 0 Å².